The fourth-order valence-corrected chi connectivity index (χ4v) is 3.59. The molecule has 0 aliphatic carbocycles. The largest absolute Gasteiger partial charge is 0.324 e. The third kappa shape index (κ3) is 3.15. The summed E-state index contributed by atoms with van der Waals surface area (Å²) in [6, 6.07) is 5.81. The smallest absolute Gasteiger partial charge is 0.321 e. The number of anilines is 1. The van der Waals surface area contributed by atoms with Crippen molar-refractivity contribution in [1.29, 1.82) is 0 Å². The number of nitrogens with one attached hydrogen (secondary N) is 1. The number of aromatic nitrogens is 2. The second-order valence-electron chi connectivity index (χ2n) is 5.43. The van der Waals surface area contributed by atoms with E-state index in [2.05, 4.69) is 16.7 Å². The molecule has 1 unspecified atom stereocenters. The van der Waals surface area contributed by atoms with Crippen LogP contribution in [-0.4, -0.2) is 45.6 Å². The average Bonchev–Trinajstić information content (AvgIpc) is 2.91. The van der Waals surface area contributed by atoms with Gasteiger partial charge >= 0.3 is 6.03 Å². The molecular weight excluding hydrogens is 284 g/mol. The first-order chi connectivity index (χ1) is 10.3. The van der Waals surface area contributed by atoms with Crippen LogP contribution in [0.15, 0.2) is 30.6 Å². The molecule has 1 fully saturated rings. The molecule has 1 aliphatic heterocycles. The lowest BCUT2D eigenvalue weighted by molar-refractivity contribution is 0.183. The first kappa shape index (κ1) is 14.3. The van der Waals surface area contributed by atoms with Gasteiger partial charge in [-0.15, -0.1) is 0 Å². The molecule has 3 heterocycles. The molecule has 0 saturated carbocycles. The van der Waals surface area contributed by atoms with E-state index in [0.29, 0.717) is 5.92 Å². The lowest BCUT2D eigenvalue weighted by atomic mass is 10.0. The fourth-order valence-electron chi connectivity index (χ4n) is 2.85. The Balaban J connectivity index is 1.68. The van der Waals surface area contributed by atoms with Crippen molar-refractivity contribution >= 4 is 29.0 Å². The van der Waals surface area contributed by atoms with E-state index >= 15 is 0 Å². The van der Waals surface area contributed by atoms with Crippen LogP contribution < -0.4 is 5.32 Å². The van der Waals surface area contributed by atoms with Gasteiger partial charge in [-0.1, -0.05) is 6.07 Å². The van der Waals surface area contributed by atoms with Crippen LogP contribution in [0.5, 0.6) is 0 Å². The maximum Gasteiger partial charge on any atom is 0.321 e. The molecule has 2 aromatic rings. The van der Waals surface area contributed by atoms with Crippen molar-refractivity contribution < 1.29 is 4.79 Å². The van der Waals surface area contributed by atoms with Crippen LogP contribution in [0.25, 0.3) is 5.52 Å². The zero-order chi connectivity index (χ0) is 14.7. The van der Waals surface area contributed by atoms with Crippen LogP contribution in [0.3, 0.4) is 0 Å². The standard InChI is InChI=1S/C15H20N4OS/c1-21-11-12-5-4-7-18(10-12)15(20)17-13-9-16-19-8-3-2-6-14(13)19/h2-3,6,8-9,12H,4-5,7,10-11H2,1H3,(H,17,20). The van der Waals surface area contributed by atoms with E-state index in [1.54, 1.807) is 10.7 Å². The third-order valence-corrected chi connectivity index (χ3v) is 4.68. The van der Waals surface area contributed by atoms with Gasteiger partial charge in [0, 0.05) is 19.3 Å². The number of amides is 2. The first-order valence-corrected chi connectivity index (χ1v) is 8.64. The monoisotopic (exact) mass is 304 g/mol. The van der Waals surface area contributed by atoms with Crippen LogP contribution >= 0.6 is 11.8 Å². The highest BCUT2D eigenvalue weighted by Crippen LogP contribution is 2.21. The molecule has 1 atom stereocenters. The molecule has 5 nitrogen and oxygen atoms in total. The zero-order valence-electron chi connectivity index (χ0n) is 12.2. The number of thioether (sulfide) groups is 1. The van der Waals surface area contributed by atoms with E-state index in [0.717, 1.165) is 36.5 Å². The highest BCUT2D eigenvalue weighted by atomic mass is 32.2. The molecule has 2 amide bonds. The van der Waals surface area contributed by atoms with Crippen LogP contribution in [0.2, 0.25) is 0 Å². The molecule has 3 rings (SSSR count). The summed E-state index contributed by atoms with van der Waals surface area (Å²) in [5.41, 5.74) is 1.69. The van der Waals surface area contributed by atoms with E-state index in [9.17, 15) is 4.79 Å². The summed E-state index contributed by atoms with van der Waals surface area (Å²) in [7, 11) is 0. The highest BCUT2D eigenvalue weighted by molar-refractivity contribution is 7.98. The van der Waals surface area contributed by atoms with Crippen LogP contribution in [-0.2, 0) is 0 Å². The van der Waals surface area contributed by atoms with Gasteiger partial charge in [-0.25, -0.2) is 9.31 Å². The predicted octanol–water partition coefficient (Wildman–Crippen LogP) is 2.94. The Bertz CT molecular complexity index is 625. The predicted molar refractivity (Wildman–Crippen MR) is 86.9 cm³/mol. The number of fused-ring (bicyclic) bond motifs is 1. The van der Waals surface area contributed by atoms with E-state index in [1.807, 2.05) is 41.1 Å². The minimum absolute atomic E-state index is 0.0143. The molecule has 1 saturated heterocycles. The number of hydrogen-bond acceptors (Lipinski definition) is 3. The Hall–Kier alpha value is -1.69. The number of nitrogens with zero attached hydrogens (tertiary/aromatic N) is 3. The van der Waals surface area contributed by atoms with Gasteiger partial charge in [-0.05, 0) is 42.9 Å². The second kappa shape index (κ2) is 6.39. The Morgan fingerprint density at radius 2 is 2.43 bits per heavy atom. The molecule has 0 radical (unpaired) electrons. The molecule has 0 spiro atoms. The van der Waals surface area contributed by atoms with Gasteiger partial charge in [0.2, 0.25) is 0 Å². The Labute approximate surface area is 128 Å². The van der Waals surface area contributed by atoms with Gasteiger partial charge < -0.3 is 10.2 Å². The summed E-state index contributed by atoms with van der Waals surface area (Å²) >= 11 is 1.86. The number of carbonyl (C=O) groups excluding carboxylic acids is 1. The normalized spacial score (nSPS) is 18.9. The SMILES string of the molecule is CSCC1CCCN(C(=O)Nc2cnn3ccccc23)C1. The molecule has 1 aliphatic rings. The van der Waals surface area contributed by atoms with Crippen molar-refractivity contribution in [3.8, 4) is 0 Å². The number of hydrogen-bond donors (Lipinski definition) is 1. The van der Waals surface area contributed by atoms with Gasteiger partial charge in [-0.3, -0.25) is 0 Å². The topological polar surface area (TPSA) is 49.6 Å². The van der Waals surface area contributed by atoms with Gasteiger partial charge in [0.05, 0.1) is 17.4 Å². The third-order valence-electron chi connectivity index (χ3n) is 3.88. The summed E-state index contributed by atoms with van der Waals surface area (Å²) in [5, 5.41) is 7.24. The molecule has 2 aromatic heterocycles. The lowest BCUT2D eigenvalue weighted by Gasteiger charge is -2.32. The van der Waals surface area contributed by atoms with E-state index in [1.165, 1.54) is 6.42 Å². The van der Waals surface area contributed by atoms with Crippen molar-refractivity contribution in [3.05, 3.63) is 30.6 Å². The summed E-state index contributed by atoms with van der Waals surface area (Å²) in [6.45, 7) is 1.70. The number of likely N-dealkylation sites (tertiary alicyclic amines) is 1. The molecule has 6 heteroatoms. The minimum Gasteiger partial charge on any atom is -0.324 e. The number of carbonyl (C=O) groups is 1. The summed E-state index contributed by atoms with van der Waals surface area (Å²) < 4.78 is 1.77. The van der Waals surface area contributed by atoms with E-state index in [-0.39, 0.29) is 6.03 Å². The molecule has 112 valence electrons. The molecule has 0 bridgehead atoms. The number of pyridine rings is 1. The second-order valence-corrected chi connectivity index (χ2v) is 6.34. The Morgan fingerprint density at radius 1 is 1.52 bits per heavy atom. The van der Waals surface area contributed by atoms with Crippen LogP contribution in [0, 0.1) is 5.92 Å². The van der Waals surface area contributed by atoms with E-state index < -0.39 is 0 Å². The maximum atomic E-state index is 12.4. The average molecular weight is 304 g/mol. The first-order valence-electron chi connectivity index (χ1n) is 7.25. The fraction of sp³-hybridized carbons (Fsp3) is 0.467. The Morgan fingerprint density at radius 3 is 3.29 bits per heavy atom. The Kier molecular flexibility index (Phi) is 4.34. The van der Waals surface area contributed by atoms with Crippen molar-refractivity contribution in [3.63, 3.8) is 0 Å². The molecular formula is C15H20N4OS. The lowest BCUT2D eigenvalue weighted by Crippen LogP contribution is -2.42. The van der Waals surface area contributed by atoms with Crippen molar-refractivity contribution in [2.45, 2.75) is 12.8 Å². The maximum absolute atomic E-state index is 12.4. The summed E-state index contributed by atoms with van der Waals surface area (Å²) in [5.74, 6) is 1.74. The van der Waals surface area contributed by atoms with Gasteiger partial charge in [0.1, 0.15) is 0 Å². The quantitative estimate of drug-likeness (QED) is 0.948. The van der Waals surface area contributed by atoms with Crippen LogP contribution in [0.1, 0.15) is 12.8 Å². The number of urea groups is 1. The zero-order valence-corrected chi connectivity index (χ0v) is 13.0. The van der Waals surface area contributed by atoms with Gasteiger partial charge in [0.25, 0.3) is 0 Å². The highest BCUT2D eigenvalue weighted by Gasteiger charge is 2.23. The molecule has 1 N–H and O–H groups in total. The van der Waals surface area contributed by atoms with Crippen molar-refractivity contribution in [2.24, 2.45) is 5.92 Å². The summed E-state index contributed by atoms with van der Waals surface area (Å²) in [6.07, 6.45) is 8.02. The minimum atomic E-state index is -0.0143. The van der Waals surface area contributed by atoms with Crippen molar-refractivity contribution in [2.75, 3.05) is 30.4 Å². The molecule has 21 heavy (non-hydrogen) atoms. The number of rotatable bonds is 3. The van der Waals surface area contributed by atoms with Gasteiger partial charge in [0.15, 0.2) is 0 Å². The van der Waals surface area contributed by atoms with Crippen molar-refractivity contribution in [1.82, 2.24) is 14.5 Å². The molecule has 0 aromatic carbocycles. The summed E-state index contributed by atoms with van der Waals surface area (Å²) in [4.78, 5) is 14.4. The van der Waals surface area contributed by atoms with Crippen LogP contribution in [0.4, 0.5) is 10.5 Å². The number of piperidine rings is 1. The van der Waals surface area contributed by atoms with Gasteiger partial charge in [-0.2, -0.15) is 16.9 Å². The van der Waals surface area contributed by atoms with E-state index in [4.69, 9.17) is 0 Å².